The minimum absolute atomic E-state index is 0.0311. The summed E-state index contributed by atoms with van der Waals surface area (Å²) in [5.41, 5.74) is 2.18. The van der Waals surface area contributed by atoms with Crippen molar-refractivity contribution in [3.8, 4) is 11.5 Å². The number of carbonyl (C=O) groups excluding carboxylic acids is 1. The van der Waals surface area contributed by atoms with Crippen LogP contribution in [-0.2, 0) is 12.8 Å². The summed E-state index contributed by atoms with van der Waals surface area (Å²) in [6.07, 6.45) is 5.32. The highest BCUT2D eigenvalue weighted by Crippen LogP contribution is 2.30. The summed E-state index contributed by atoms with van der Waals surface area (Å²) in [5.74, 6) is 2.38. The first-order valence-electron chi connectivity index (χ1n) is 8.52. The van der Waals surface area contributed by atoms with Gasteiger partial charge in [0.15, 0.2) is 11.5 Å². The first-order valence-corrected chi connectivity index (χ1v) is 8.52. The van der Waals surface area contributed by atoms with Gasteiger partial charge < -0.3 is 24.5 Å². The maximum atomic E-state index is 12.2. The van der Waals surface area contributed by atoms with E-state index in [1.807, 2.05) is 24.3 Å². The van der Waals surface area contributed by atoms with Crippen LogP contribution in [0.25, 0.3) is 0 Å². The summed E-state index contributed by atoms with van der Waals surface area (Å²) in [5, 5.41) is 5.95. The summed E-state index contributed by atoms with van der Waals surface area (Å²) < 4.78 is 16.0. The molecule has 1 atom stereocenters. The molecule has 6 heteroatoms. The molecule has 0 fully saturated rings. The van der Waals surface area contributed by atoms with E-state index in [-0.39, 0.29) is 12.1 Å². The van der Waals surface area contributed by atoms with Crippen molar-refractivity contribution in [1.29, 1.82) is 0 Å². The second-order valence-electron chi connectivity index (χ2n) is 6.08. The third kappa shape index (κ3) is 4.07. The van der Waals surface area contributed by atoms with Crippen molar-refractivity contribution in [3.63, 3.8) is 0 Å². The normalized spacial score (nSPS) is 16.0. The number of methoxy groups -OCH3 is 2. The Labute approximate surface area is 147 Å². The Hall–Kier alpha value is -2.63. The Morgan fingerprint density at radius 3 is 2.88 bits per heavy atom. The number of rotatable bonds is 6. The van der Waals surface area contributed by atoms with Gasteiger partial charge in [-0.1, -0.05) is 6.07 Å². The number of ether oxygens (including phenoxy) is 2. The Balaban J connectivity index is 1.49. The Morgan fingerprint density at radius 1 is 1.24 bits per heavy atom. The van der Waals surface area contributed by atoms with Gasteiger partial charge in [-0.2, -0.15) is 0 Å². The molecule has 0 unspecified atom stereocenters. The van der Waals surface area contributed by atoms with E-state index in [9.17, 15) is 4.79 Å². The molecule has 25 heavy (non-hydrogen) atoms. The molecular weight excluding hydrogens is 320 g/mol. The molecule has 0 saturated heterocycles. The van der Waals surface area contributed by atoms with Crippen LogP contribution in [0.1, 0.15) is 35.8 Å². The van der Waals surface area contributed by atoms with Gasteiger partial charge in [0.25, 0.3) is 0 Å². The molecule has 1 aromatic heterocycles. The number of aryl methyl sites for hydroxylation is 1. The molecule has 0 saturated carbocycles. The van der Waals surface area contributed by atoms with E-state index in [0.717, 1.165) is 42.6 Å². The molecule has 6 nitrogen and oxygen atoms in total. The van der Waals surface area contributed by atoms with Gasteiger partial charge in [-0.05, 0) is 43.0 Å². The van der Waals surface area contributed by atoms with E-state index in [2.05, 4.69) is 10.6 Å². The van der Waals surface area contributed by atoms with Crippen LogP contribution >= 0.6 is 0 Å². The second kappa shape index (κ2) is 7.96. The van der Waals surface area contributed by atoms with Crippen LogP contribution in [-0.4, -0.2) is 26.8 Å². The molecule has 0 spiro atoms. The van der Waals surface area contributed by atoms with Gasteiger partial charge in [-0.15, -0.1) is 0 Å². The largest absolute Gasteiger partial charge is 0.493 e. The van der Waals surface area contributed by atoms with Gasteiger partial charge in [-0.3, -0.25) is 0 Å². The molecule has 2 N–H and O–H groups in total. The predicted octanol–water partition coefficient (Wildman–Crippen LogP) is 3.22. The van der Waals surface area contributed by atoms with E-state index < -0.39 is 0 Å². The summed E-state index contributed by atoms with van der Waals surface area (Å²) >= 11 is 0. The zero-order valence-corrected chi connectivity index (χ0v) is 14.6. The number of fused-ring (bicyclic) bond motifs is 1. The molecule has 0 aliphatic heterocycles. The lowest BCUT2D eigenvalue weighted by molar-refractivity contribution is 0.235. The highest BCUT2D eigenvalue weighted by molar-refractivity contribution is 5.74. The molecule has 0 bridgehead atoms. The topological polar surface area (TPSA) is 72.7 Å². The number of carbonyl (C=O) groups is 1. The predicted molar refractivity (Wildman–Crippen MR) is 94.2 cm³/mol. The zero-order chi connectivity index (χ0) is 17.6. The lowest BCUT2D eigenvalue weighted by Gasteiger charge is -2.22. The molecule has 1 aliphatic carbocycles. The monoisotopic (exact) mass is 344 g/mol. The van der Waals surface area contributed by atoms with Crippen molar-refractivity contribution >= 4 is 6.03 Å². The molecule has 1 heterocycles. The maximum Gasteiger partial charge on any atom is 0.315 e. The van der Waals surface area contributed by atoms with Gasteiger partial charge in [0.2, 0.25) is 0 Å². The van der Waals surface area contributed by atoms with Crippen molar-refractivity contribution in [2.24, 2.45) is 0 Å². The van der Waals surface area contributed by atoms with E-state index in [4.69, 9.17) is 13.9 Å². The van der Waals surface area contributed by atoms with Gasteiger partial charge in [0, 0.05) is 18.5 Å². The minimum atomic E-state index is -0.153. The lowest BCUT2D eigenvalue weighted by Crippen LogP contribution is -2.39. The first kappa shape index (κ1) is 17.2. The lowest BCUT2D eigenvalue weighted by atomic mass is 9.93. The number of hydrogen-bond acceptors (Lipinski definition) is 4. The zero-order valence-electron chi connectivity index (χ0n) is 14.6. The molecule has 2 amide bonds. The molecule has 1 aliphatic rings. The molecule has 0 radical (unpaired) electrons. The Bertz CT molecular complexity index is 726. The average molecular weight is 344 g/mol. The van der Waals surface area contributed by atoms with Gasteiger partial charge in [-0.25, -0.2) is 4.79 Å². The highest BCUT2D eigenvalue weighted by Gasteiger charge is 2.23. The van der Waals surface area contributed by atoms with Crippen LogP contribution in [0.3, 0.4) is 0 Å². The van der Waals surface area contributed by atoms with Crippen molar-refractivity contribution in [2.45, 2.75) is 31.7 Å². The van der Waals surface area contributed by atoms with Crippen molar-refractivity contribution < 1.29 is 18.7 Å². The van der Waals surface area contributed by atoms with Crippen LogP contribution in [0.4, 0.5) is 4.79 Å². The summed E-state index contributed by atoms with van der Waals surface area (Å²) in [4.78, 5) is 12.2. The summed E-state index contributed by atoms with van der Waals surface area (Å²) in [6, 6.07) is 7.60. The van der Waals surface area contributed by atoms with Crippen LogP contribution in [0, 0.1) is 0 Å². The van der Waals surface area contributed by atoms with Crippen LogP contribution in [0.2, 0.25) is 0 Å². The van der Waals surface area contributed by atoms with Crippen LogP contribution < -0.4 is 20.1 Å². The highest BCUT2D eigenvalue weighted by atomic mass is 16.5. The first-order chi connectivity index (χ1) is 12.2. The van der Waals surface area contributed by atoms with E-state index in [1.54, 1.807) is 20.5 Å². The van der Waals surface area contributed by atoms with Gasteiger partial charge >= 0.3 is 6.03 Å². The third-order valence-electron chi connectivity index (χ3n) is 4.50. The number of urea groups is 1. The quantitative estimate of drug-likeness (QED) is 0.844. The average Bonchev–Trinajstić information content (AvgIpc) is 3.11. The van der Waals surface area contributed by atoms with E-state index in [0.29, 0.717) is 18.0 Å². The molecular formula is C19H24N2O4. The minimum Gasteiger partial charge on any atom is -0.493 e. The van der Waals surface area contributed by atoms with Crippen molar-refractivity contribution in [3.05, 3.63) is 47.4 Å². The maximum absolute atomic E-state index is 12.2. The fraction of sp³-hybridized carbons (Fsp3) is 0.421. The molecule has 134 valence electrons. The van der Waals surface area contributed by atoms with E-state index in [1.165, 1.54) is 0 Å². The number of benzene rings is 1. The Morgan fingerprint density at radius 2 is 2.08 bits per heavy atom. The SMILES string of the molecule is COc1ccc(CCNC(=O)N[C@H]2CCCc3occc32)cc1OC. The Kier molecular flexibility index (Phi) is 5.48. The number of nitrogens with one attached hydrogen (secondary N) is 2. The third-order valence-corrected chi connectivity index (χ3v) is 4.50. The number of furan rings is 1. The standard InChI is InChI=1S/C19H24N2O4/c1-23-17-7-6-13(12-18(17)24-2)8-10-20-19(22)21-15-4-3-5-16-14(15)9-11-25-16/h6-7,9,11-12,15H,3-5,8,10H2,1-2H3,(H2,20,21,22)/t15-/m0/s1. The molecule has 2 aromatic rings. The smallest absolute Gasteiger partial charge is 0.315 e. The van der Waals surface area contributed by atoms with E-state index >= 15 is 0 Å². The summed E-state index contributed by atoms with van der Waals surface area (Å²) in [6.45, 7) is 0.548. The fourth-order valence-electron chi connectivity index (χ4n) is 3.20. The number of amides is 2. The van der Waals surface area contributed by atoms with Gasteiger partial charge in [0.1, 0.15) is 5.76 Å². The van der Waals surface area contributed by atoms with Crippen LogP contribution in [0.15, 0.2) is 34.9 Å². The van der Waals surface area contributed by atoms with Crippen molar-refractivity contribution in [2.75, 3.05) is 20.8 Å². The fourth-order valence-corrected chi connectivity index (χ4v) is 3.20. The van der Waals surface area contributed by atoms with Crippen LogP contribution in [0.5, 0.6) is 11.5 Å². The molecule has 3 rings (SSSR count). The molecule has 1 aromatic carbocycles. The number of hydrogen-bond donors (Lipinski definition) is 2. The van der Waals surface area contributed by atoms with Gasteiger partial charge in [0.05, 0.1) is 26.5 Å². The summed E-state index contributed by atoms with van der Waals surface area (Å²) in [7, 11) is 3.22. The van der Waals surface area contributed by atoms with Crippen molar-refractivity contribution in [1.82, 2.24) is 10.6 Å². The second-order valence-corrected chi connectivity index (χ2v) is 6.08.